The molecule has 1 heterocycles. The molecule has 1 aliphatic rings. The summed E-state index contributed by atoms with van der Waals surface area (Å²) in [4.78, 5) is 0. The third kappa shape index (κ3) is 2.65. The zero-order valence-corrected chi connectivity index (χ0v) is 13.2. The number of nitrogens with two attached hydrogens (primary N) is 1. The van der Waals surface area contributed by atoms with Crippen molar-refractivity contribution < 1.29 is 4.74 Å². The molecule has 1 aromatic heterocycles. The van der Waals surface area contributed by atoms with E-state index in [4.69, 9.17) is 22.1 Å². The summed E-state index contributed by atoms with van der Waals surface area (Å²) >= 11 is 6.33. The van der Waals surface area contributed by atoms with Gasteiger partial charge < -0.3 is 10.5 Å². The van der Waals surface area contributed by atoms with E-state index in [2.05, 4.69) is 17.2 Å². The van der Waals surface area contributed by atoms with Crippen LogP contribution < -0.4 is 10.5 Å². The zero-order valence-electron chi connectivity index (χ0n) is 12.4. The monoisotopic (exact) mass is 305 g/mol. The molecule has 5 heteroatoms. The molecule has 112 valence electrons. The Labute approximate surface area is 129 Å². The summed E-state index contributed by atoms with van der Waals surface area (Å²) in [6.45, 7) is 2.47. The lowest BCUT2D eigenvalue weighted by molar-refractivity contribution is 0.294. The van der Waals surface area contributed by atoms with E-state index >= 15 is 0 Å². The Morgan fingerprint density at radius 1 is 1.48 bits per heavy atom. The van der Waals surface area contributed by atoms with Gasteiger partial charge in [-0.25, -0.2) is 0 Å². The van der Waals surface area contributed by atoms with Crippen molar-refractivity contribution in [2.75, 3.05) is 0 Å². The number of hydrogen-bond donors (Lipinski definition) is 1. The van der Waals surface area contributed by atoms with E-state index in [9.17, 15) is 0 Å². The molecule has 2 N–H and O–H groups in total. The highest BCUT2D eigenvalue weighted by molar-refractivity contribution is 6.31. The summed E-state index contributed by atoms with van der Waals surface area (Å²) in [6, 6.07) is 6.32. The summed E-state index contributed by atoms with van der Waals surface area (Å²) in [5, 5.41) is 5.11. The van der Waals surface area contributed by atoms with Gasteiger partial charge in [0.1, 0.15) is 12.4 Å². The number of aryl methyl sites for hydroxylation is 3. The van der Waals surface area contributed by atoms with Gasteiger partial charge in [0, 0.05) is 13.1 Å². The second-order valence-electron chi connectivity index (χ2n) is 5.48. The smallest absolute Gasteiger partial charge is 0.131 e. The van der Waals surface area contributed by atoms with Gasteiger partial charge in [0.25, 0.3) is 0 Å². The first kappa shape index (κ1) is 14.4. The van der Waals surface area contributed by atoms with Gasteiger partial charge >= 0.3 is 0 Å². The molecule has 0 spiro atoms. The number of halogens is 1. The maximum atomic E-state index is 6.33. The van der Waals surface area contributed by atoms with Gasteiger partial charge in [0.15, 0.2) is 0 Å². The van der Waals surface area contributed by atoms with E-state index < -0.39 is 0 Å². The molecule has 0 amide bonds. The average Bonchev–Trinajstić information content (AvgIpc) is 2.98. The first-order valence-electron chi connectivity index (χ1n) is 7.31. The SMILES string of the molecule is CCc1nn(C)c(COc2ccc3c(c2)CC[C@@H]3N)c1Cl. The Hall–Kier alpha value is -1.52. The lowest BCUT2D eigenvalue weighted by Crippen LogP contribution is -2.05. The number of nitrogens with zero attached hydrogens (tertiary/aromatic N) is 2. The van der Waals surface area contributed by atoms with Crippen LogP contribution in [0.2, 0.25) is 5.02 Å². The van der Waals surface area contributed by atoms with Crippen LogP contribution in [0.5, 0.6) is 5.75 Å². The molecule has 0 bridgehead atoms. The van der Waals surface area contributed by atoms with E-state index in [1.807, 2.05) is 20.0 Å². The molecule has 21 heavy (non-hydrogen) atoms. The van der Waals surface area contributed by atoms with Crippen LogP contribution >= 0.6 is 11.6 Å². The normalized spacial score (nSPS) is 17.0. The van der Waals surface area contributed by atoms with E-state index in [1.165, 1.54) is 11.1 Å². The molecule has 0 saturated heterocycles. The van der Waals surface area contributed by atoms with Gasteiger partial charge in [-0.05, 0) is 42.5 Å². The Kier molecular flexibility index (Phi) is 3.91. The number of hydrogen-bond acceptors (Lipinski definition) is 3. The van der Waals surface area contributed by atoms with Crippen LogP contribution in [0.4, 0.5) is 0 Å². The largest absolute Gasteiger partial charge is 0.487 e. The summed E-state index contributed by atoms with van der Waals surface area (Å²) in [5.41, 5.74) is 10.4. The van der Waals surface area contributed by atoms with Crippen molar-refractivity contribution in [3.63, 3.8) is 0 Å². The third-order valence-electron chi connectivity index (χ3n) is 4.12. The summed E-state index contributed by atoms with van der Waals surface area (Å²) in [5.74, 6) is 0.859. The molecule has 0 fully saturated rings. The fourth-order valence-electron chi connectivity index (χ4n) is 2.84. The Balaban J connectivity index is 1.75. The highest BCUT2D eigenvalue weighted by Crippen LogP contribution is 2.32. The molecule has 1 aliphatic carbocycles. The summed E-state index contributed by atoms with van der Waals surface area (Å²) in [7, 11) is 1.89. The molecular formula is C16H20ClN3O. The number of ether oxygens (including phenoxy) is 1. The molecule has 0 aliphatic heterocycles. The van der Waals surface area contributed by atoms with Crippen molar-refractivity contribution >= 4 is 11.6 Å². The Morgan fingerprint density at radius 3 is 3.00 bits per heavy atom. The predicted octanol–water partition coefficient (Wildman–Crippen LogP) is 3.16. The molecule has 0 saturated carbocycles. The van der Waals surface area contributed by atoms with Crippen LogP contribution in [-0.4, -0.2) is 9.78 Å². The van der Waals surface area contributed by atoms with E-state index in [1.54, 1.807) is 4.68 Å². The van der Waals surface area contributed by atoms with Crippen molar-refractivity contribution in [1.29, 1.82) is 0 Å². The molecule has 1 aromatic carbocycles. The fourth-order valence-corrected chi connectivity index (χ4v) is 3.19. The quantitative estimate of drug-likeness (QED) is 0.944. The van der Waals surface area contributed by atoms with Gasteiger partial charge in [-0.2, -0.15) is 5.10 Å². The molecule has 4 nitrogen and oxygen atoms in total. The van der Waals surface area contributed by atoms with Crippen LogP contribution in [-0.2, 0) is 26.5 Å². The maximum absolute atomic E-state index is 6.33. The number of benzene rings is 1. The number of aromatic nitrogens is 2. The van der Waals surface area contributed by atoms with Crippen LogP contribution in [0.3, 0.4) is 0 Å². The molecule has 2 aromatic rings. The Bertz CT molecular complexity index is 666. The van der Waals surface area contributed by atoms with E-state index in [0.29, 0.717) is 11.6 Å². The van der Waals surface area contributed by atoms with Crippen molar-refractivity contribution in [3.05, 3.63) is 45.7 Å². The molecule has 3 rings (SSSR count). The average molecular weight is 306 g/mol. The lowest BCUT2D eigenvalue weighted by Gasteiger charge is -2.10. The van der Waals surface area contributed by atoms with Crippen LogP contribution in [0.15, 0.2) is 18.2 Å². The standard InChI is InChI=1S/C16H20ClN3O/c1-3-14-16(17)15(20(2)19-14)9-21-11-5-6-12-10(8-11)4-7-13(12)18/h5-6,8,13H,3-4,7,9,18H2,1-2H3/t13-/m0/s1. The van der Waals surface area contributed by atoms with E-state index in [-0.39, 0.29) is 6.04 Å². The summed E-state index contributed by atoms with van der Waals surface area (Å²) in [6.07, 6.45) is 2.87. The van der Waals surface area contributed by atoms with Crippen molar-refractivity contribution in [1.82, 2.24) is 9.78 Å². The number of fused-ring (bicyclic) bond motifs is 1. The van der Waals surface area contributed by atoms with Gasteiger partial charge in [0.05, 0.1) is 16.4 Å². The van der Waals surface area contributed by atoms with Gasteiger partial charge in [-0.3, -0.25) is 4.68 Å². The molecule has 1 atom stereocenters. The van der Waals surface area contributed by atoms with Crippen molar-refractivity contribution in [2.24, 2.45) is 12.8 Å². The second-order valence-corrected chi connectivity index (χ2v) is 5.86. The minimum absolute atomic E-state index is 0.174. The first-order valence-corrected chi connectivity index (χ1v) is 7.69. The maximum Gasteiger partial charge on any atom is 0.131 e. The predicted molar refractivity (Wildman–Crippen MR) is 83.6 cm³/mol. The third-order valence-corrected chi connectivity index (χ3v) is 4.55. The highest BCUT2D eigenvalue weighted by atomic mass is 35.5. The topological polar surface area (TPSA) is 53.1 Å². The molecule has 0 radical (unpaired) electrons. The fraction of sp³-hybridized carbons (Fsp3) is 0.438. The lowest BCUT2D eigenvalue weighted by atomic mass is 10.1. The highest BCUT2D eigenvalue weighted by Gasteiger charge is 2.19. The minimum atomic E-state index is 0.174. The van der Waals surface area contributed by atoms with Gasteiger partial charge in [-0.15, -0.1) is 0 Å². The van der Waals surface area contributed by atoms with E-state index in [0.717, 1.165) is 36.4 Å². The first-order chi connectivity index (χ1) is 10.1. The summed E-state index contributed by atoms with van der Waals surface area (Å²) < 4.78 is 7.68. The van der Waals surface area contributed by atoms with Crippen molar-refractivity contribution in [3.8, 4) is 5.75 Å². The van der Waals surface area contributed by atoms with Crippen LogP contribution in [0, 0.1) is 0 Å². The molecular weight excluding hydrogens is 286 g/mol. The minimum Gasteiger partial charge on any atom is -0.487 e. The van der Waals surface area contributed by atoms with Gasteiger partial charge in [0.2, 0.25) is 0 Å². The number of rotatable bonds is 4. The van der Waals surface area contributed by atoms with Gasteiger partial charge in [-0.1, -0.05) is 24.6 Å². The van der Waals surface area contributed by atoms with Crippen molar-refractivity contribution in [2.45, 2.75) is 38.8 Å². The van der Waals surface area contributed by atoms with Crippen LogP contribution in [0.25, 0.3) is 0 Å². The molecule has 0 unspecified atom stereocenters. The zero-order chi connectivity index (χ0) is 15.0. The second kappa shape index (κ2) is 5.70. The Morgan fingerprint density at radius 2 is 2.29 bits per heavy atom. The van der Waals surface area contributed by atoms with Crippen LogP contribution in [0.1, 0.15) is 41.9 Å².